The molecule has 15 heavy (non-hydrogen) atoms. The lowest BCUT2D eigenvalue weighted by molar-refractivity contribution is -0.00427. The first-order chi connectivity index (χ1) is 6.89. The highest BCUT2D eigenvalue weighted by Crippen LogP contribution is 2.11. The average Bonchev–Trinajstić information content (AvgIpc) is 2.11. The normalized spacial score (nSPS) is 16.3. The highest BCUT2D eigenvalue weighted by Gasteiger charge is 2.16. The molecule has 0 aromatic carbocycles. The average molecular weight is 259 g/mol. The van der Waals surface area contributed by atoms with Gasteiger partial charge in [-0.1, -0.05) is 13.3 Å². The van der Waals surface area contributed by atoms with E-state index in [-0.39, 0.29) is 17.8 Å². The van der Waals surface area contributed by atoms with Gasteiger partial charge in [0.2, 0.25) is 9.05 Å². The summed E-state index contributed by atoms with van der Waals surface area (Å²) in [4.78, 5) is 0. The van der Waals surface area contributed by atoms with Gasteiger partial charge in [0.05, 0.1) is 25.1 Å². The van der Waals surface area contributed by atoms with Crippen molar-refractivity contribution >= 4 is 19.7 Å². The molecule has 0 fully saturated rings. The molecule has 0 aliphatic rings. The van der Waals surface area contributed by atoms with Crippen molar-refractivity contribution in [2.24, 2.45) is 5.92 Å². The first-order valence-electron chi connectivity index (χ1n) is 4.92. The first kappa shape index (κ1) is 15.2. The molecule has 0 spiro atoms. The minimum absolute atomic E-state index is 0.0259. The molecule has 0 radical (unpaired) electrons. The summed E-state index contributed by atoms with van der Waals surface area (Å²) in [5, 5.41) is 0. The molecule has 4 nitrogen and oxygen atoms in total. The van der Waals surface area contributed by atoms with Crippen LogP contribution in [0.3, 0.4) is 0 Å². The van der Waals surface area contributed by atoms with Gasteiger partial charge in [-0.25, -0.2) is 8.42 Å². The number of halogens is 1. The van der Waals surface area contributed by atoms with Crippen LogP contribution >= 0.6 is 10.7 Å². The van der Waals surface area contributed by atoms with Crippen LogP contribution in [0.25, 0.3) is 0 Å². The van der Waals surface area contributed by atoms with E-state index in [4.69, 9.17) is 20.2 Å². The molecule has 6 heteroatoms. The molecule has 0 amide bonds. The Labute approximate surface area is 96.3 Å². The Hall–Kier alpha value is 0.160. The monoisotopic (exact) mass is 258 g/mol. The van der Waals surface area contributed by atoms with Crippen LogP contribution in [0, 0.1) is 5.92 Å². The number of hydrogen-bond acceptors (Lipinski definition) is 4. The highest BCUT2D eigenvalue weighted by atomic mass is 35.7. The molecule has 0 aromatic heterocycles. The summed E-state index contributed by atoms with van der Waals surface area (Å²) >= 11 is 0. The van der Waals surface area contributed by atoms with Crippen molar-refractivity contribution < 1.29 is 17.9 Å². The van der Waals surface area contributed by atoms with Crippen molar-refractivity contribution in [1.82, 2.24) is 0 Å². The van der Waals surface area contributed by atoms with Gasteiger partial charge in [-0.3, -0.25) is 0 Å². The zero-order valence-corrected chi connectivity index (χ0v) is 11.0. The van der Waals surface area contributed by atoms with Gasteiger partial charge in [-0.05, 0) is 12.8 Å². The fourth-order valence-corrected chi connectivity index (χ4v) is 2.58. The van der Waals surface area contributed by atoms with Gasteiger partial charge in [0.15, 0.2) is 0 Å². The Morgan fingerprint density at radius 3 is 2.33 bits per heavy atom. The van der Waals surface area contributed by atoms with Gasteiger partial charge >= 0.3 is 0 Å². The summed E-state index contributed by atoms with van der Waals surface area (Å²) in [5.41, 5.74) is 0. The van der Waals surface area contributed by atoms with Crippen molar-refractivity contribution in [3.8, 4) is 0 Å². The van der Waals surface area contributed by atoms with Crippen LogP contribution in [0.2, 0.25) is 0 Å². The molecule has 2 unspecified atom stereocenters. The van der Waals surface area contributed by atoms with E-state index < -0.39 is 9.05 Å². The summed E-state index contributed by atoms with van der Waals surface area (Å²) in [6.45, 7) is 4.69. The first-order valence-corrected chi connectivity index (χ1v) is 7.39. The van der Waals surface area contributed by atoms with E-state index in [9.17, 15) is 8.42 Å². The Bertz CT molecular complexity index is 253. The maximum absolute atomic E-state index is 10.9. The Morgan fingerprint density at radius 2 is 1.93 bits per heavy atom. The van der Waals surface area contributed by atoms with Crippen LogP contribution in [-0.4, -0.2) is 40.6 Å². The Kier molecular flexibility index (Phi) is 7.52. The predicted octanol–water partition coefficient (Wildman–Crippen LogP) is 1.63. The molecular formula is C9H19ClO4S. The lowest BCUT2D eigenvalue weighted by Gasteiger charge is -2.17. The van der Waals surface area contributed by atoms with Crippen molar-refractivity contribution in [3.63, 3.8) is 0 Å². The maximum atomic E-state index is 10.9. The molecule has 0 heterocycles. The van der Waals surface area contributed by atoms with Crippen molar-refractivity contribution in [2.45, 2.75) is 26.4 Å². The van der Waals surface area contributed by atoms with Crippen molar-refractivity contribution in [3.05, 3.63) is 0 Å². The second kappa shape index (κ2) is 7.44. The zero-order valence-electron chi connectivity index (χ0n) is 9.40. The number of rotatable bonds is 8. The summed E-state index contributed by atoms with van der Waals surface area (Å²) in [6.07, 6.45) is 0.702. The van der Waals surface area contributed by atoms with E-state index in [2.05, 4.69) is 0 Å². The summed E-state index contributed by atoms with van der Waals surface area (Å²) in [6, 6.07) is 0. The standard InChI is InChI=1S/C9H19ClO4S/c1-4-9(7-15(10,11)12)6-14-8(2)5-13-3/h8-9H,4-7H2,1-3H3. The van der Waals surface area contributed by atoms with Gasteiger partial charge in [0, 0.05) is 17.8 Å². The lowest BCUT2D eigenvalue weighted by atomic mass is 10.1. The second-order valence-electron chi connectivity index (χ2n) is 3.58. The third kappa shape index (κ3) is 9.11. The van der Waals surface area contributed by atoms with E-state index in [1.165, 1.54) is 0 Å². The van der Waals surface area contributed by atoms with E-state index >= 15 is 0 Å². The minimum Gasteiger partial charge on any atom is -0.382 e. The predicted molar refractivity (Wildman–Crippen MR) is 60.7 cm³/mol. The van der Waals surface area contributed by atoms with E-state index in [1.54, 1.807) is 7.11 Å². The minimum atomic E-state index is -3.43. The quantitative estimate of drug-likeness (QED) is 0.621. The van der Waals surface area contributed by atoms with Crippen LogP contribution in [0.15, 0.2) is 0 Å². The third-order valence-electron chi connectivity index (χ3n) is 2.03. The van der Waals surface area contributed by atoms with Gasteiger partial charge in [-0.15, -0.1) is 0 Å². The Morgan fingerprint density at radius 1 is 1.33 bits per heavy atom. The van der Waals surface area contributed by atoms with E-state index in [0.29, 0.717) is 13.2 Å². The van der Waals surface area contributed by atoms with Crippen molar-refractivity contribution in [2.75, 3.05) is 26.1 Å². The van der Waals surface area contributed by atoms with Crippen LogP contribution in [0.4, 0.5) is 0 Å². The molecule has 0 bridgehead atoms. The summed E-state index contributed by atoms with van der Waals surface area (Å²) in [7, 11) is 3.34. The van der Waals surface area contributed by atoms with Gasteiger partial charge in [0.1, 0.15) is 0 Å². The largest absolute Gasteiger partial charge is 0.382 e. The smallest absolute Gasteiger partial charge is 0.232 e. The third-order valence-corrected chi connectivity index (χ3v) is 3.28. The van der Waals surface area contributed by atoms with Gasteiger partial charge < -0.3 is 9.47 Å². The molecular weight excluding hydrogens is 240 g/mol. The molecule has 2 atom stereocenters. The SMILES string of the molecule is CCC(COC(C)COC)CS(=O)(=O)Cl. The zero-order chi connectivity index (χ0) is 11.9. The molecule has 92 valence electrons. The van der Waals surface area contributed by atoms with Crippen LogP contribution < -0.4 is 0 Å². The molecule has 0 aliphatic carbocycles. The number of hydrogen-bond donors (Lipinski definition) is 0. The molecule has 0 rings (SSSR count). The molecule has 0 saturated carbocycles. The van der Waals surface area contributed by atoms with Crippen molar-refractivity contribution in [1.29, 1.82) is 0 Å². The number of methoxy groups -OCH3 is 1. The molecule has 0 aromatic rings. The van der Waals surface area contributed by atoms with E-state index in [1.807, 2.05) is 13.8 Å². The summed E-state index contributed by atoms with van der Waals surface area (Å²) < 4.78 is 32.0. The van der Waals surface area contributed by atoms with Gasteiger partial charge in [0.25, 0.3) is 0 Å². The lowest BCUT2D eigenvalue weighted by Crippen LogP contribution is -2.23. The fourth-order valence-electron chi connectivity index (χ4n) is 1.15. The molecule has 0 saturated heterocycles. The fraction of sp³-hybridized carbons (Fsp3) is 1.00. The Balaban J connectivity index is 3.90. The maximum Gasteiger partial charge on any atom is 0.232 e. The number of ether oxygens (including phenoxy) is 2. The molecule has 0 aliphatic heterocycles. The summed E-state index contributed by atoms with van der Waals surface area (Å²) in [5.74, 6) is -0.0862. The second-order valence-corrected chi connectivity index (χ2v) is 6.40. The molecule has 0 N–H and O–H groups in total. The van der Waals surface area contributed by atoms with Crippen LogP contribution in [0.5, 0.6) is 0 Å². The van der Waals surface area contributed by atoms with Crippen LogP contribution in [0.1, 0.15) is 20.3 Å². The highest BCUT2D eigenvalue weighted by molar-refractivity contribution is 8.13. The van der Waals surface area contributed by atoms with E-state index in [0.717, 1.165) is 6.42 Å². The van der Waals surface area contributed by atoms with Crippen LogP contribution in [-0.2, 0) is 18.5 Å². The van der Waals surface area contributed by atoms with Gasteiger partial charge in [-0.2, -0.15) is 0 Å². The topological polar surface area (TPSA) is 52.6 Å².